The average Bonchev–Trinajstić information content (AvgIpc) is 2.09. The molecule has 0 aromatic heterocycles. The maximum absolute atomic E-state index is 11.6. The summed E-state index contributed by atoms with van der Waals surface area (Å²) in [5, 5.41) is 9.61. The molecule has 0 spiro atoms. The highest BCUT2D eigenvalue weighted by molar-refractivity contribution is 6.20. The molecule has 1 aromatic rings. The van der Waals surface area contributed by atoms with Crippen molar-refractivity contribution in [3.63, 3.8) is 0 Å². The van der Waals surface area contributed by atoms with E-state index in [1.807, 2.05) is 32.9 Å². The molecule has 0 aliphatic carbocycles. The van der Waals surface area contributed by atoms with E-state index >= 15 is 0 Å². The first kappa shape index (κ1) is 12.5. The summed E-state index contributed by atoms with van der Waals surface area (Å²) in [6.07, 6.45) is 0. The molecule has 0 amide bonds. The summed E-state index contributed by atoms with van der Waals surface area (Å²) < 4.78 is 0. The maximum atomic E-state index is 11.6. The van der Waals surface area contributed by atoms with Crippen LogP contribution in [0.25, 0.3) is 5.57 Å². The fraction of sp³-hybridized carbons (Fsp3) is 0.357. The quantitative estimate of drug-likeness (QED) is 0.609. The molecule has 2 nitrogen and oxygen atoms in total. The van der Waals surface area contributed by atoms with E-state index in [4.69, 9.17) is 0 Å². The molecule has 86 valence electrons. The number of rotatable bonds is 2. The predicted octanol–water partition coefficient (Wildman–Crippen LogP) is 3.49. The van der Waals surface area contributed by atoms with Crippen LogP contribution in [0.15, 0.2) is 17.9 Å². The number of aliphatic hydroxyl groups is 1. The first-order valence-electron chi connectivity index (χ1n) is 5.33. The van der Waals surface area contributed by atoms with Gasteiger partial charge in [0.2, 0.25) is 0 Å². The van der Waals surface area contributed by atoms with Crippen molar-refractivity contribution in [1.82, 2.24) is 0 Å². The van der Waals surface area contributed by atoms with Crippen molar-refractivity contribution in [2.75, 3.05) is 0 Å². The maximum Gasteiger partial charge on any atom is 0.163 e. The number of ketones is 1. The number of aryl methyl sites for hydroxylation is 3. The summed E-state index contributed by atoms with van der Waals surface area (Å²) in [7, 11) is 0. The van der Waals surface area contributed by atoms with Gasteiger partial charge in [-0.2, -0.15) is 0 Å². The van der Waals surface area contributed by atoms with E-state index in [1.165, 1.54) is 6.92 Å². The van der Waals surface area contributed by atoms with Gasteiger partial charge in [0.05, 0.1) is 5.57 Å². The Labute approximate surface area is 96.6 Å². The van der Waals surface area contributed by atoms with E-state index in [2.05, 4.69) is 0 Å². The first-order valence-corrected chi connectivity index (χ1v) is 5.33. The molecule has 0 aliphatic rings. The minimum Gasteiger partial charge on any atom is -0.512 e. The minimum absolute atomic E-state index is 0.0857. The second-order valence-corrected chi connectivity index (χ2v) is 4.29. The van der Waals surface area contributed by atoms with Gasteiger partial charge < -0.3 is 5.11 Å². The summed E-state index contributed by atoms with van der Waals surface area (Å²) >= 11 is 0. The van der Waals surface area contributed by atoms with Gasteiger partial charge in [0.25, 0.3) is 0 Å². The van der Waals surface area contributed by atoms with Crippen molar-refractivity contribution in [1.29, 1.82) is 0 Å². The van der Waals surface area contributed by atoms with Crippen LogP contribution in [0, 0.1) is 20.8 Å². The average molecular weight is 218 g/mol. The third-order valence-electron chi connectivity index (χ3n) is 2.64. The van der Waals surface area contributed by atoms with Crippen LogP contribution in [0.5, 0.6) is 0 Å². The predicted molar refractivity (Wildman–Crippen MR) is 66.6 cm³/mol. The van der Waals surface area contributed by atoms with Gasteiger partial charge >= 0.3 is 0 Å². The van der Waals surface area contributed by atoms with Crippen molar-refractivity contribution in [2.45, 2.75) is 34.6 Å². The van der Waals surface area contributed by atoms with Crippen molar-refractivity contribution in [3.05, 3.63) is 40.1 Å². The van der Waals surface area contributed by atoms with Crippen molar-refractivity contribution in [2.24, 2.45) is 0 Å². The minimum atomic E-state index is -0.102. The number of aliphatic hydroxyl groups excluding tert-OH is 1. The molecule has 16 heavy (non-hydrogen) atoms. The Bertz CT molecular complexity index is 441. The van der Waals surface area contributed by atoms with Crippen LogP contribution in [0.4, 0.5) is 0 Å². The fourth-order valence-electron chi connectivity index (χ4n) is 2.19. The molecule has 0 bridgehead atoms. The largest absolute Gasteiger partial charge is 0.512 e. The summed E-state index contributed by atoms with van der Waals surface area (Å²) in [6.45, 7) is 8.97. The van der Waals surface area contributed by atoms with E-state index in [0.29, 0.717) is 5.57 Å². The Morgan fingerprint density at radius 2 is 1.50 bits per heavy atom. The lowest BCUT2D eigenvalue weighted by Gasteiger charge is -2.13. The van der Waals surface area contributed by atoms with Gasteiger partial charge in [0, 0.05) is 0 Å². The highest BCUT2D eigenvalue weighted by Crippen LogP contribution is 2.27. The molecule has 0 radical (unpaired) electrons. The number of Topliss-reactive ketones (excluding diaryl/α,β-unsaturated/α-hetero) is 1. The van der Waals surface area contributed by atoms with Crippen LogP contribution >= 0.6 is 0 Å². The third kappa shape index (κ3) is 2.32. The molecule has 2 heteroatoms. The number of benzene rings is 1. The zero-order valence-electron chi connectivity index (χ0n) is 10.5. The van der Waals surface area contributed by atoms with Crippen LogP contribution in [0.2, 0.25) is 0 Å². The third-order valence-corrected chi connectivity index (χ3v) is 2.64. The highest BCUT2D eigenvalue weighted by atomic mass is 16.3. The van der Waals surface area contributed by atoms with Gasteiger partial charge in [-0.15, -0.1) is 0 Å². The molecule has 0 saturated heterocycles. The van der Waals surface area contributed by atoms with Crippen LogP contribution in [-0.2, 0) is 4.79 Å². The Morgan fingerprint density at radius 1 is 1.06 bits per heavy atom. The van der Waals surface area contributed by atoms with Gasteiger partial charge in [0.15, 0.2) is 5.78 Å². The molecule has 0 atom stereocenters. The smallest absolute Gasteiger partial charge is 0.163 e. The molecule has 0 fully saturated rings. The monoisotopic (exact) mass is 218 g/mol. The second-order valence-electron chi connectivity index (χ2n) is 4.29. The topological polar surface area (TPSA) is 37.3 Å². The second kappa shape index (κ2) is 4.52. The molecule has 1 N–H and O–H groups in total. The van der Waals surface area contributed by atoms with Gasteiger partial charge in [-0.05, 0) is 51.3 Å². The Hall–Kier alpha value is -1.57. The highest BCUT2D eigenvalue weighted by Gasteiger charge is 2.16. The molecule has 0 aliphatic heterocycles. The fourth-order valence-corrected chi connectivity index (χ4v) is 2.19. The number of carbonyl (C=O) groups excluding carboxylic acids is 1. The zero-order chi connectivity index (χ0) is 12.5. The zero-order valence-corrected chi connectivity index (χ0v) is 10.5. The lowest BCUT2D eigenvalue weighted by Crippen LogP contribution is -2.04. The van der Waals surface area contributed by atoms with E-state index in [1.54, 1.807) is 6.92 Å². The Balaban J connectivity index is 3.55. The molecule has 1 rings (SSSR count). The Kier molecular flexibility index (Phi) is 3.53. The van der Waals surface area contributed by atoms with Crippen LogP contribution in [-0.4, -0.2) is 10.9 Å². The van der Waals surface area contributed by atoms with Crippen LogP contribution < -0.4 is 0 Å². The van der Waals surface area contributed by atoms with Crippen molar-refractivity contribution >= 4 is 11.4 Å². The summed E-state index contributed by atoms with van der Waals surface area (Å²) in [6, 6.07) is 4.04. The standard InChI is InChI=1S/C14H18O2/c1-8-6-9(2)13(10(3)7-8)14(11(4)15)12(5)16/h6-7,15H,1-5H3/b14-11+. The van der Waals surface area contributed by atoms with Crippen LogP contribution in [0.1, 0.15) is 36.1 Å². The van der Waals surface area contributed by atoms with Gasteiger partial charge in [-0.25, -0.2) is 0 Å². The summed E-state index contributed by atoms with van der Waals surface area (Å²) in [4.78, 5) is 11.6. The van der Waals surface area contributed by atoms with Crippen molar-refractivity contribution in [3.8, 4) is 0 Å². The number of carbonyl (C=O) groups is 1. The summed E-state index contributed by atoms with van der Waals surface area (Å²) in [5.74, 6) is -0.0161. The lowest BCUT2D eigenvalue weighted by molar-refractivity contribution is -0.111. The molecule has 0 saturated carbocycles. The van der Waals surface area contributed by atoms with Gasteiger partial charge in [-0.3, -0.25) is 4.79 Å². The van der Waals surface area contributed by atoms with E-state index in [-0.39, 0.29) is 11.5 Å². The lowest BCUT2D eigenvalue weighted by atomic mass is 9.91. The van der Waals surface area contributed by atoms with Crippen molar-refractivity contribution < 1.29 is 9.90 Å². The molecule has 1 aromatic carbocycles. The van der Waals surface area contributed by atoms with E-state index in [0.717, 1.165) is 22.3 Å². The Morgan fingerprint density at radius 3 is 1.81 bits per heavy atom. The van der Waals surface area contributed by atoms with Crippen LogP contribution in [0.3, 0.4) is 0 Å². The number of allylic oxidation sites excluding steroid dienone is 2. The van der Waals surface area contributed by atoms with Gasteiger partial charge in [-0.1, -0.05) is 17.7 Å². The van der Waals surface area contributed by atoms with Gasteiger partial charge in [0.1, 0.15) is 5.76 Å². The SMILES string of the molecule is CC(=O)/C(=C(/C)O)c1c(C)cc(C)cc1C. The molecular weight excluding hydrogens is 200 g/mol. The van der Waals surface area contributed by atoms with E-state index < -0.39 is 0 Å². The normalized spacial score (nSPS) is 12.3. The molecular formula is C14H18O2. The first-order chi connectivity index (χ1) is 7.34. The number of hydrogen-bond acceptors (Lipinski definition) is 2. The summed E-state index contributed by atoms with van der Waals surface area (Å²) in [5.41, 5.74) is 4.50. The number of hydrogen-bond donors (Lipinski definition) is 1. The molecule has 0 heterocycles. The molecule has 0 unspecified atom stereocenters. The van der Waals surface area contributed by atoms with E-state index in [9.17, 15) is 9.90 Å².